The quantitative estimate of drug-likeness (QED) is 0.0420. The minimum Gasteiger partial charge on any atom is -0.394 e. The number of hydrogen-bond acceptors (Lipinski definition) is 3. The van der Waals surface area contributed by atoms with E-state index >= 15 is 0 Å². The lowest BCUT2D eigenvalue weighted by Gasteiger charge is -2.19. The minimum absolute atomic E-state index is 0.0996. The summed E-state index contributed by atoms with van der Waals surface area (Å²) in [5, 5.41) is 23.2. The van der Waals surface area contributed by atoms with Gasteiger partial charge in [-0.25, -0.2) is 0 Å². The molecule has 0 aliphatic rings. The van der Waals surface area contributed by atoms with Crippen molar-refractivity contribution in [3.63, 3.8) is 0 Å². The molecule has 3 N–H and O–H groups in total. The molecule has 1 amide bonds. The first-order chi connectivity index (χ1) is 36.2. The van der Waals surface area contributed by atoms with Crippen LogP contribution in [-0.2, 0) is 4.79 Å². The zero-order valence-corrected chi connectivity index (χ0v) is 47.6. The van der Waals surface area contributed by atoms with E-state index in [-0.39, 0.29) is 12.5 Å². The fraction of sp³-hybridized carbons (Fsp3) is 0.638. The minimum atomic E-state index is -0.866. The number of carbonyl (C=O) groups excluding carboxylic acids is 1. The molecule has 0 aliphatic carbocycles. The number of allylic oxidation sites excluding steroid dienone is 23. The van der Waals surface area contributed by atoms with Crippen LogP contribution in [0.2, 0.25) is 0 Å². The summed E-state index contributed by atoms with van der Waals surface area (Å²) in [4.78, 5) is 12.5. The van der Waals surface area contributed by atoms with Gasteiger partial charge in [0.05, 0.1) is 18.8 Å². The van der Waals surface area contributed by atoms with Crippen LogP contribution in [0.5, 0.6) is 0 Å². The van der Waals surface area contributed by atoms with Crippen molar-refractivity contribution >= 4 is 5.91 Å². The zero-order chi connectivity index (χ0) is 52.7. The van der Waals surface area contributed by atoms with Gasteiger partial charge in [-0.1, -0.05) is 301 Å². The van der Waals surface area contributed by atoms with Crippen LogP contribution in [0.1, 0.15) is 264 Å². The molecule has 2 unspecified atom stereocenters. The Bertz CT molecular complexity index is 1510. The molecule has 4 heteroatoms. The van der Waals surface area contributed by atoms with Crippen molar-refractivity contribution in [2.24, 2.45) is 0 Å². The lowest BCUT2D eigenvalue weighted by Crippen LogP contribution is -2.45. The molecule has 0 saturated heterocycles. The highest BCUT2D eigenvalue weighted by Crippen LogP contribution is 2.16. The molecule has 0 aromatic heterocycles. The van der Waals surface area contributed by atoms with Gasteiger partial charge in [-0.15, -0.1) is 0 Å². The predicted molar refractivity (Wildman–Crippen MR) is 326 cm³/mol. The van der Waals surface area contributed by atoms with Crippen molar-refractivity contribution in [3.05, 3.63) is 146 Å². The van der Waals surface area contributed by atoms with Gasteiger partial charge in [0.2, 0.25) is 5.91 Å². The summed E-state index contributed by atoms with van der Waals surface area (Å²) >= 11 is 0. The van der Waals surface area contributed by atoms with E-state index in [0.717, 1.165) is 109 Å². The number of carbonyl (C=O) groups is 1. The van der Waals surface area contributed by atoms with Gasteiger partial charge in [0.15, 0.2) is 0 Å². The summed E-state index contributed by atoms with van der Waals surface area (Å²) in [7, 11) is 0. The Balaban J connectivity index is 3.68. The molecule has 0 bridgehead atoms. The fourth-order valence-corrected chi connectivity index (χ4v) is 8.48. The van der Waals surface area contributed by atoms with Crippen molar-refractivity contribution in [2.75, 3.05) is 6.61 Å². The lowest BCUT2D eigenvalue weighted by atomic mass is 10.0. The molecule has 0 spiro atoms. The van der Waals surface area contributed by atoms with Gasteiger partial charge >= 0.3 is 0 Å². The second kappa shape index (κ2) is 62.6. The first kappa shape index (κ1) is 69.3. The Morgan fingerprint density at radius 2 is 0.603 bits per heavy atom. The third kappa shape index (κ3) is 59.0. The molecule has 73 heavy (non-hydrogen) atoms. The predicted octanol–water partition coefficient (Wildman–Crippen LogP) is 20.8. The van der Waals surface area contributed by atoms with E-state index < -0.39 is 12.1 Å². The Morgan fingerprint density at radius 3 is 0.904 bits per heavy atom. The van der Waals surface area contributed by atoms with Crippen molar-refractivity contribution in [2.45, 2.75) is 276 Å². The van der Waals surface area contributed by atoms with Gasteiger partial charge in [0.25, 0.3) is 0 Å². The van der Waals surface area contributed by atoms with Gasteiger partial charge in [-0.05, 0) is 103 Å². The Labute approximate surface area is 453 Å². The summed E-state index contributed by atoms with van der Waals surface area (Å²) < 4.78 is 0. The number of hydrogen-bond donors (Lipinski definition) is 3. The topological polar surface area (TPSA) is 69.6 Å². The number of aliphatic hydroxyl groups excluding tert-OH is 2. The average Bonchev–Trinajstić information content (AvgIpc) is 3.40. The Hall–Kier alpha value is -3.73. The van der Waals surface area contributed by atoms with E-state index in [1.807, 2.05) is 6.08 Å². The van der Waals surface area contributed by atoms with E-state index in [0.29, 0.717) is 6.42 Å². The SMILES string of the molecule is CC/C=C\C/C=C\C/C=C\C/C=C\C/C=C\C/C=C\C/C=C\C/C=C\C/C=C\C/C=C\C/C=C\CCCCCC(=O)NC(CO)C(O)/C=C/CCCCCCCCCCCCCCCCCCCCCCCC. The molecule has 0 saturated carbocycles. The number of amides is 1. The molecular formula is C69H115NO3. The van der Waals surface area contributed by atoms with Crippen LogP contribution in [0.3, 0.4) is 0 Å². The van der Waals surface area contributed by atoms with Gasteiger partial charge in [0, 0.05) is 6.42 Å². The van der Waals surface area contributed by atoms with E-state index in [9.17, 15) is 15.0 Å². The summed E-state index contributed by atoms with van der Waals surface area (Å²) in [6, 6.07) is -0.653. The van der Waals surface area contributed by atoms with Crippen LogP contribution < -0.4 is 5.32 Å². The van der Waals surface area contributed by atoms with Crippen LogP contribution in [-0.4, -0.2) is 34.9 Å². The molecule has 0 radical (unpaired) electrons. The zero-order valence-electron chi connectivity index (χ0n) is 47.6. The van der Waals surface area contributed by atoms with Gasteiger partial charge in [-0.3, -0.25) is 4.79 Å². The summed E-state index contributed by atoms with van der Waals surface area (Å²) in [5.41, 5.74) is 0. The molecule has 0 aromatic carbocycles. The van der Waals surface area contributed by atoms with Crippen molar-refractivity contribution < 1.29 is 15.0 Å². The Morgan fingerprint density at radius 1 is 0.342 bits per heavy atom. The molecule has 2 atom stereocenters. The Kier molecular flexibility index (Phi) is 59.4. The van der Waals surface area contributed by atoms with E-state index in [1.165, 1.54) is 135 Å². The highest BCUT2D eigenvalue weighted by atomic mass is 16.3. The molecular weight excluding hydrogens is 891 g/mol. The van der Waals surface area contributed by atoms with Crippen molar-refractivity contribution in [1.29, 1.82) is 0 Å². The van der Waals surface area contributed by atoms with Crippen LogP contribution in [0, 0.1) is 0 Å². The molecule has 0 aliphatic heterocycles. The van der Waals surface area contributed by atoms with Gasteiger partial charge in [-0.2, -0.15) is 0 Å². The van der Waals surface area contributed by atoms with Crippen LogP contribution in [0.25, 0.3) is 0 Å². The number of aliphatic hydroxyl groups is 2. The van der Waals surface area contributed by atoms with Gasteiger partial charge < -0.3 is 15.5 Å². The van der Waals surface area contributed by atoms with Crippen LogP contribution in [0.15, 0.2) is 146 Å². The maximum atomic E-state index is 12.5. The lowest BCUT2D eigenvalue weighted by molar-refractivity contribution is -0.123. The third-order valence-corrected chi connectivity index (χ3v) is 13.1. The van der Waals surface area contributed by atoms with Crippen molar-refractivity contribution in [3.8, 4) is 0 Å². The normalized spacial score (nSPS) is 13.9. The molecule has 4 nitrogen and oxygen atoms in total. The van der Waals surface area contributed by atoms with Crippen LogP contribution in [0.4, 0.5) is 0 Å². The van der Waals surface area contributed by atoms with E-state index in [2.05, 4.69) is 153 Å². The van der Waals surface area contributed by atoms with E-state index in [1.54, 1.807) is 6.08 Å². The molecule has 414 valence electrons. The standard InChI is InChI=1S/C69H115NO3/c1-3-5-7-9-11-13-15-17-19-21-23-25-27-29-30-31-32-33-34-35-36-37-38-39-40-41-43-45-47-49-51-53-55-57-59-61-63-65-69(73)70-67(66-71)68(72)64-62-60-58-56-54-52-50-48-46-44-42-28-26-24-22-20-18-16-14-12-10-8-6-4-2/h5,7,11,13,17,19,23,25,29-30,32-33,35-36,38-39,41,43,47,49,53,55,62,64,67-68,71-72H,3-4,6,8-10,12,14-16,18,20-22,24,26-28,31,34,37,40,42,44-46,48,50-52,54,56-61,63,65-66H2,1-2H3,(H,70,73)/b7-5-,13-11-,19-17-,25-23-,30-29-,33-32-,36-35-,39-38-,43-41-,49-47-,55-53-,64-62+. The average molecular weight is 1010 g/mol. The van der Waals surface area contributed by atoms with E-state index in [4.69, 9.17) is 0 Å². The summed E-state index contributed by atoms with van der Waals surface area (Å²) in [6.45, 7) is 4.19. The van der Waals surface area contributed by atoms with Crippen molar-refractivity contribution in [1.82, 2.24) is 5.32 Å². The van der Waals surface area contributed by atoms with Gasteiger partial charge in [0.1, 0.15) is 0 Å². The molecule has 0 rings (SSSR count). The maximum Gasteiger partial charge on any atom is 0.220 e. The smallest absolute Gasteiger partial charge is 0.220 e. The summed E-state index contributed by atoms with van der Waals surface area (Å²) in [6.07, 6.45) is 98.7. The van der Waals surface area contributed by atoms with Crippen LogP contribution >= 0.6 is 0 Å². The molecule has 0 heterocycles. The number of nitrogens with one attached hydrogen (secondary N) is 1. The number of unbranched alkanes of at least 4 members (excludes halogenated alkanes) is 25. The monoisotopic (exact) mass is 1010 g/mol. The largest absolute Gasteiger partial charge is 0.394 e. The number of rotatable bonds is 54. The molecule has 0 aromatic rings. The first-order valence-electron chi connectivity index (χ1n) is 30.5. The molecule has 0 fully saturated rings. The maximum absolute atomic E-state index is 12.5. The third-order valence-electron chi connectivity index (χ3n) is 13.1. The highest BCUT2D eigenvalue weighted by Gasteiger charge is 2.18. The first-order valence-corrected chi connectivity index (χ1v) is 30.5. The fourth-order valence-electron chi connectivity index (χ4n) is 8.48. The second-order valence-corrected chi connectivity index (χ2v) is 20.0. The summed E-state index contributed by atoms with van der Waals surface area (Å²) in [5.74, 6) is -0.0996. The second-order valence-electron chi connectivity index (χ2n) is 20.0. The highest BCUT2D eigenvalue weighted by molar-refractivity contribution is 5.76.